The number of amides is 1. The predicted octanol–water partition coefficient (Wildman–Crippen LogP) is 1.69. The van der Waals surface area contributed by atoms with Crippen LogP contribution in [0.4, 0.5) is 8.78 Å². The number of halogens is 2. The second-order valence-electron chi connectivity index (χ2n) is 7.66. The van der Waals surface area contributed by atoms with Crippen molar-refractivity contribution in [1.82, 2.24) is 14.5 Å². The van der Waals surface area contributed by atoms with Crippen molar-refractivity contribution in [2.75, 3.05) is 6.54 Å². The number of rotatable bonds is 7. The van der Waals surface area contributed by atoms with Crippen LogP contribution < -0.4 is 16.6 Å². The second kappa shape index (κ2) is 9.75. The van der Waals surface area contributed by atoms with E-state index in [0.29, 0.717) is 12.8 Å². The number of aliphatic carboxylic acids is 1. The Kier molecular flexibility index (Phi) is 7.06. The fraction of sp³-hybridized carbons (Fsp3) is 0.429. The van der Waals surface area contributed by atoms with Crippen LogP contribution in [0.5, 0.6) is 5.88 Å². The third-order valence-electron chi connectivity index (χ3n) is 5.56. The lowest BCUT2D eigenvalue weighted by molar-refractivity contribution is -0.135. The molecule has 1 saturated carbocycles. The number of aromatic nitrogens is 2. The van der Waals surface area contributed by atoms with Crippen molar-refractivity contribution in [3.63, 3.8) is 0 Å². The summed E-state index contributed by atoms with van der Waals surface area (Å²) in [6.45, 7) is -2.25. The average Bonchev–Trinajstić information content (AvgIpc) is 2.76. The largest absolute Gasteiger partial charge is 0.494 e. The third kappa shape index (κ3) is 4.71. The topological polar surface area (TPSA) is 131 Å². The zero-order chi connectivity index (χ0) is 23.4. The Bertz CT molecular complexity index is 1150. The number of hydrogen-bond donors (Lipinski definition) is 3. The van der Waals surface area contributed by atoms with Crippen molar-refractivity contribution in [2.24, 2.45) is 0 Å². The smallest absolute Gasteiger partial charge is 0.334 e. The first-order valence-corrected chi connectivity index (χ1v) is 10.2. The number of aromatic hydroxyl groups is 1. The maximum absolute atomic E-state index is 13.5. The van der Waals surface area contributed by atoms with E-state index >= 15 is 0 Å². The fourth-order valence-electron chi connectivity index (χ4n) is 3.95. The van der Waals surface area contributed by atoms with Gasteiger partial charge in [-0.1, -0.05) is 25.3 Å². The van der Waals surface area contributed by atoms with Gasteiger partial charge in [-0.3, -0.25) is 23.5 Å². The molecule has 0 unspecified atom stereocenters. The van der Waals surface area contributed by atoms with E-state index in [1.165, 1.54) is 6.07 Å². The van der Waals surface area contributed by atoms with Crippen LogP contribution in [0.1, 0.15) is 59.6 Å². The number of carboxylic acid groups (broad SMARTS) is 1. The maximum atomic E-state index is 13.5. The van der Waals surface area contributed by atoms with Gasteiger partial charge in [0.05, 0.1) is 6.54 Å². The van der Waals surface area contributed by atoms with Gasteiger partial charge in [0, 0.05) is 6.04 Å². The molecule has 0 saturated heterocycles. The standard InChI is InChI=1S/C21H23F2N3O6/c22-9-13-8-14(23)7-6-12(13)11-25-19(30)17(18(29)24-10-16(27)28)20(31)26(21(25)32)15-4-2-1-3-5-15/h6-8,15,30H,1-5,9-11H2,(H,24,29)(H,27,28). The number of nitrogens with one attached hydrogen (secondary N) is 1. The zero-order valence-corrected chi connectivity index (χ0v) is 17.1. The van der Waals surface area contributed by atoms with Gasteiger partial charge >= 0.3 is 11.7 Å². The number of hydrogen-bond acceptors (Lipinski definition) is 5. The minimum atomic E-state index is -1.36. The van der Waals surface area contributed by atoms with Crippen molar-refractivity contribution < 1.29 is 28.6 Å². The zero-order valence-electron chi connectivity index (χ0n) is 17.1. The molecule has 1 heterocycles. The first-order valence-electron chi connectivity index (χ1n) is 10.2. The van der Waals surface area contributed by atoms with Gasteiger partial charge < -0.3 is 15.5 Å². The van der Waals surface area contributed by atoms with E-state index in [2.05, 4.69) is 0 Å². The maximum Gasteiger partial charge on any atom is 0.334 e. The van der Waals surface area contributed by atoms with Gasteiger partial charge in [0.1, 0.15) is 19.0 Å². The van der Waals surface area contributed by atoms with Gasteiger partial charge in [-0.2, -0.15) is 0 Å². The van der Waals surface area contributed by atoms with E-state index in [-0.39, 0.29) is 11.1 Å². The predicted molar refractivity (Wildman–Crippen MR) is 109 cm³/mol. The van der Waals surface area contributed by atoms with Crippen LogP contribution in [0.25, 0.3) is 0 Å². The monoisotopic (exact) mass is 451 g/mol. The molecule has 9 nitrogen and oxygen atoms in total. The molecule has 0 atom stereocenters. The van der Waals surface area contributed by atoms with Crippen LogP contribution in [0.3, 0.4) is 0 Å². The molecular formula is C21H23F2N3O6. The highest BCUT2D eigenvalue weighted by molar-refractivity contribution is 5.97. The third-order valence-corrected chi connectivity index (χ3v) is 5.56. The van der Waals surface area contributed by atoms with Crippen molar-refractivity contribution in [3.05, 3.63) is 61.5 Å². The summed E-state index contributed by atoms with van der Waals surface area (Å²) in [5.74, 6) is -4.17. The second-order valence-corrected chi connectivity index (χ2v) is 7.66. The molecule has 1 amide bonds. The fourth-order valence-corrected chi connectivity index (χ4v) is 3.95. The summed E-state index contributed by atoms with van der Waals surface area (Å²) in [5.41, 5.74) is -2.56. The van der Waals surface area contributed by atoms with Gasteiger partial charge in [0.2, 0.25) is 5.88 Å². The highest BCUT2D eigenvalue weighted by Gasteiger charge is 2.29. The van der Waals surface area contributed by atoms with Crippen molar-refractivity contribution in [2.45, 2.75) is 51.4 Å². The molecule has 1 fully saturated rings. The van der Waals surface area contributed by atoms with Gasteiger partial charge in [-0.25, -0.2) is 13.6 Å². The minimum Gasteiger partial charge on any atom is -0.494 e. The SMILES string of the molecule is O=C(O)CNC(=O)c1c(O)n(Cc2ccc(F)cc2CF)c(=O)n(C2CCCCC2)c1=O. The Morgan fingerprint density at radius 2 is 1.81 bits per heavy atom. The van der Waals surface area contributed by atoms with Crippen LogP contribution in [0.15, 0.2) is 27.8 Å². The normalized spacial score (nSPS) is 14.3. The van der Waals surface area contributed by atoms with Crippen molar-refractivity contribution in [3.8, 4) is 5.88 Å². The highest BCUT2D eigenvalue weighted by atomic mass is 19.1. The van der Waals surface area contributed by atoms with Crippen LogP contribution in [0.2, 0.25) is 0 Å². The van der Waals surface area contributed by atoms with Gasteiger partial charge in [0.15, 0.2) is 5.56 Å². The highest BCUT2D eigenvalue weighted by Crippen LogP contribution is 2.27. The van der Waals surface area contributed by atoms with E-state index in [1.807, 2.05) is 5.32 Å². The first kappa shape index (κ1) is 23.2. The number of benzene rings is 1. The Morgan fingerprint density at radius 3 is 2.44 bits per heavy atom. The van der Waals surface area contributed by atoms with E-state index in [0.717, 1.165) is 40.5 Å². The first-order chi connectivity index (χ1) is 15.2. The van der Waals surface area contributed by atoms with Crippen molar-refractivity contribution in [1.29, 1.82) is 0 Å². The van der Waals surface area contributed by atoms with E-state index in [4.69, 9.17) is 5.11 Å². The molecular weight excluding hydrogens is 428 g/mol. The van der Waals surface area contributed by atoms with Crippen LogP contribution >= 0.6 is 0 Å². The van der Waals surface area contributed by atoms with Crippen molar-refractivity contribution >= 4 is 11.9 Å². The Hall–Kier alpha value is -3.50. The Morgan fingerprint density at radius 1 is 1.12 bits per heavy atom. The summed E-state index contributed by atoms with van der Waals surface area (Å²) in [4.78, 5) is 49.6. The number of nitrogens with zero attached hydrogens (tertiary/aromatic N) is 2. The lowest BCUT2D eigenvalue weighted by Gasteiger charge is -2.25. The number of carboxylic acids is 1. The molecule has 3 N–H and O–H groups in total. The number of carbonyl (C=O) groups excluding carboxylic acids is 1. The lowest BCUT2D eigenvalue weighted by atomic mass is 9.95. The average molecular weight is 451 g/mol. The summed E-state index contributed by atoms with van der Waals surface area (Å²) < 4.78 is 28.5. The molecule has 2 aromatic rings. The molecule has 0 radical (unpaired) electrons. The van der Waals surface area contributed by atoms with Gasteiger partial charge in [0.25, 0.3) is 11.5 Å². The summed E-state index contributed by atoms with van der Waals surface area (Å²) in [7, 11) is 0. The Balaban J connectivity index is 2.18. The quantitative estimate of drug-likeness (QED) is 0.587. The molecule has 3 rings (SSSR count). The van der Waals surface area contributed by atoms with E-state index in [9.17, 15) is 33.1 Å². The molecule has 1 aliphatic rings. The molecule has 0 bridgehead atoms. The summed E-state index contributed by atoms with van der Waals surface area (Å²) in [6.07, 6.45) is 3.49. The molecule has 1 aromatic carbocycles. The summed E-state index contributed by atoms with van der Waals surface area (Å²) in [5, 5.41) is 21.5. The molecule has 1 aromatic heterocycles. The Labute approximate surface area is 180 Å². The summed E-state index contributed by atoms with van der Waals surface area (Å²) in [6, 6.07) is 2.76. The van der Waals surface area contributed by atoms with Gasteiger partial charge in [-0.05, 0) is 36.1 Å². The van der Waals surface area contributed by atoms with E-state index < -0.39 is 66.2 Å². The van der Waals surface area contributed by atoms with E-state index in [1.54, 1.807) is 0 Å². The van der Waals surface area contributed by atoms with Crippen LogP contribution in [-0.2, 0) is 18.0 Å². The molecule has 32 heavy (non-hydrogen) atoms. The van der Waals surface area contributed by atoms with Crippen LogP contribution in [0, 0.1) is 5.82 Å². The molecule has 172 valence electrons. The molecule has 11 heteroatoms. The van der Waals surface area contributed by atoms with Gasteiger partial charge in [-0.15, -0.1) is 0 Å². The molecule has 0 aliphatic heterocycles. The number of alkyl halides is 1. The number of carbonyl (C=O) groups is 2. The lowest BCUT2D eigenvalue weighted by Crippen LogP contribution is -2.47. The summed E-state index contributed by atoms with van der Waals surface area (Å²) >= 11 is 0. The molecule has 0 spiro atoms. The van der Waals surface area contributed by atoms with Crippen LogP contribution in [-0.4, -0.2) is 37.8 Å². The molecule has 1 aliphatic carbocycles. The minimum absolute atomic E-state index is 0.0522.